The van der Waals surface area contributed by atoms with Crippen LogP contribution in [0, 0.1) is 16.0 Å². The first kappa shape index (κ1) is 9.85. The Morgan fingerprint density at radius 2 is 2.46 bits per heavy atom. The van der Waals surface area contributed by atoms with Crippen molar-refractivity contribution in [1.29, 1.82) is 0 Å². The minimum atomic E-state index is -0.355. The molecule has 0 aliphatic rings. The minimum Gasteiger partial charge on any atom is -0.259 e. The zero-order chi connectivity index (χ0) is 9.84. The lowest BCUT2D eigenvalue weighted by molar-refractivity contribution is -0.431. The second kappa shape index (κ2) is 4.13. The first-order chi connectivity index (χ1) is 6.11. The maximum Gasteiger partial charge on any atom is 0.251 e. The van der Waals surface area contributed by atoms with E-state index in [0.717, 1.165) is 0 Å². The lowest BCUT2D eigenvalue weighted by Crippen LogP contribution is -2.05. The maximum atomic E-state index is 10.6. The molecule has 1 aromatic rings. The second-order valence-electron chi connectivity index (χ2n) is 2.85. The van der Waals surface area contributed by atoms with Gasteiger partial charge in [0.15, 0.2) is 0 Å². The van der Waals surface area contributed by atoms with Gasteiger partial charge in [0.05, 0.1) is 4.92 Å². The molecule has 0 bridgehead atoms. The Labute approximate surface area is 80.1 Å². The normalized spacial score (nSPS) is 12.1. The van der Waals surface area contributed by atoms with Gasteiger partial charge in [-0.1, -0.05) is 13.8 Å². The van der Waals surface area contributed by atoms with Crippen LogP contribution in [0.5, 0.6) is 0 Å². The maximum absolute atomic E-state index is 10.6. The van der Waals surface area contributed by atoms with Gasteiger partial charge in [-0.2, -0.15) is 0 Å². The SMILES string of the molecule is CC(C)/C(=C/c1nccs1)[N+](=O)[O-]. The van der Waals surface area contributed by atoms with Crippen molar-refractivity contribution in [3.8, 4) is 0 Å². The third kappa shape index (κ3) is 2.62. The van der Waals surface area contributed by atoms with Gasteiger partial charge in [0.25, 0.3) is 5.70 Å². The smallest absolute Gasteiger partial charge is 0.251 e. The molecule has 70 valence electrons. The Morgan fingerprint density at radius 3 is 2.85 bits per heavy atom. The molecular formula is C8H10N2O2S. The Balaban J connectivity index is 2.94. The van der Waals surface area contributed by atoms with E-state index in [9.17, 15) is 10.1 Å². The molecule has 5 heteroatoms. The van der Waals surface area contributed by atoms with E-state index in [4.69, 9.17) is 0 Å². The first-order valence-corrected chi connectivity index (χ1v) is 4.74. The molecule has 4 nitrogen and oxygen atoms in total. The summed E-state index contributed by atoms with van der Waals surface area (Å²) in [5.74, 6) is -0.0844. The molecular weight excluding hydrogens is 188 g/mol. The van der Waals surface area contributed by atoms with Crippen molar-refractivity contribution in [2.24, 2.45) is 5.92 Å². The van der Waals surface area contributed by atoms with Crippen LogP contribution in [0.15, 0.2) is 17.3 Å². The van der Waals surface area contributed by atoms with Crippen LogP contribution in [0.2, 0.25) is 0 Å². The number of nitrogens with zero attached hydrogens (tertiary/aromatic N) is 2. The molecule has 1 heterocycles. The summed E-state index contributed by atoms with van der Waals surface area (Å²) >= 11 is 1.39. The monoisotopic (exact) mass is 198 g/mol. The van der Waals surface area contributed by atoms with Crippen molar-refractivity contribution < 1.29 is 4.92 Å². The Bertz CT molecular complexity index is 317. The van der Waals surface area contributed by atoms with E-state index >= 15 is 0 Å². The number of rotatable bonds is 3. The molecule has 0 aliphatic carbocycles. The van der Waals surface area contributed by atoms with Crippen molar-refractivity contribution in [2.45, 2.75) is 13.8 Å². The van der Waals surface area contributed by atoms with Crippen LogP contribution < -0.4 is 0 Å². The fourth-order valence-electron chi connectivity index (χ4n) is 0.862. The van der Waals surface area contributed by atoms with Crippen molar-refractivity contribution in [3.05, 3.63) is 32.4 Å². The van der Waals surface area contributed by atoms with Crippen molar-refractivity contribution in [3.63, 3.8) is 0 Å². The summed E-state index contributed by atoms with van der Waals surface area (Å²) in [5, 5.41) is 13.1. The van der Waals surface area contributed by atoms with E-state index in [1.54, 1.807) is 25.4 Å². The fourth-order valence-corrected chi connectivity index (χ4v) is 1.43. The van der Waals surface area contributed by atoms with Gasteiger partial charge in [0.2, 0.25) is 0 Å². The van der Waals surface area contributed by atoms with E-state index in [2.05, 4.69) is 4.98 Å². The van der Waals surface area contributed by atoms with Crippen LogP contribution >= 0.6 is 11.3 Å². The van der Waals surface area contributed by atoms with Gasteiger partial charge in [0, 0.05) is 23.6 Å². The number of nitro groups is 1. The second-order valence-corrected chi connectivity index (χ2v) is 3.78. The lowest BCUT2D eigenvalue weighted by atomic mass is 10.1. The van der Waals surface area contributed by atoms with Gasteiger partial charge in [-0.15, -0.1) is 11.3 Å². The van der Waals surface area contributed by atoms with Crippen LogP contribution in [-0.4, -0.2) is 9.91 Å². The van der Waals surface area contributed by atoms with Gasteiger partial charge in [-0.25, -0.2) is 4.98 Å². The standard InChI is InChI=1S/C8H10N2O2S/c1-6(2)7(10(11)12)5-8-9-3-4-13-8/h3-6H,1-2H3/b7-5-. The Morgan fingerprint density at radius 1 is 1.77 bits per heavy atom. The summed E-state index contributed by atoms with van der Waals surface area (Å²) in [5.41, 5.74) is 0.204. The number of hydrogen-bond acceptors (Lipinski definition) is 4. The molecule has 0 radical (unpaired) electrons. The molecule has 1 aromatic heterocycles. The first-order valence-electron chi connectivity index (χ1n) is 3.86. The van der Waals surface area contributed by atoms with Crippen LogP contribution in [0.25, 0.3) is 6.08 Å². The molecule has 0 aliphatic heterocycles. The molecule has 0 spiro atoms. The van der Waals surface area contributed by atoms with E-state index in [-0.39, 0.29) is 16.5 Å². The molecule has 0 saturated heterocycles. The van der Waals surface area contributed by atoms with Gasteiger partial charge in [-0.3, -0.25) is 10.1 Å². The van der Waals surface area contributed by atoms with Crippen LogP contribution in [-0.2, 0) is 0 Å². The van der Waals surface area contributed by atoms with E-state index in [1.807, 2.05) is 0 Å². The molecule has 1 rings (SSSR count). The average Bonchev–Trinajstić information content (AvgIpc) is 2.50. The predicted octanol–water partition coefficient (Wildman–Crippen LogP) is 2.42. The topological polar surface area (TPSA) is 56.0 Å². The number of allylic oxidation sites excluding steroid dienone is 1. The van der Waals surface area contributed by atoms with Gasteiger partial charge < -0.3 is 0 Å². The molecule has 0 aromatic carbocycles. The molecule has 0 unspecified atom stereocenters. The molecule has 0 atom stereocenters. The Kier molecular flexibility index (Phi) is 3.13. The van der Waals surface area contributed by atoms with Crippen molar-refractivity contribution in [1.82, 2.24) is 4.98 Å². The van der Waals surface area contributed by atoms with Crippen molar-refractivity contribution in [2.75, 3.05) is 0 Å². The highest BCUT2D eigenvalue weighted by Crippen LogP contribution is 2.16. The van der Waals surface area contributed by atoms with E-state index < -0.39 is 0 Å². The highest BCUT2D eigenvalue weighted by atomic mass is 32.1. The average molecular weight is 198 g/mol. The number of aromatic nitrogens is 1. The third-order valence-corrected chi connectivity index (χ3v) is 2.25. The summed E-state index contributed by atoms with van der Waals surface area (Å²) in [7, 11) is 0. The zero-order valence-corrected chi connectivity index (χ0v) is 8.25. The van der Waals surface area contributed by atoms with Crippen LogP contribution in [0.3, 0.4) is 0 Å². The predicted molar refractivity (Wildman–Crippen MR) is 51.9 cm³/mol. The summed E-state index contributed by atoms with van der Waals surface area (Å²) in [6.07, 6.45) is 3.16. The number of hydrogen-bond donors (Lipinski definition) is 0. The highest BCUT2D eigenvalue weighted by Gasteiger charge is 2.15. The lowest BCUT2D eigenvalue weighted by Gasteiger charge is -1.99. The van der Waals surface area contributed by atoms with Crippen molar-refractivity contribution >= 4 is 17.4 Å². The summed E-state index contributed by atoms with van der Waals surface area (Å²) < 4.78 is 0. The summed E-state index contributed by atoms with van der Waals surface area (Å²) in [6.45, 7) is 3.59. The summed E-state index contributed by atoms with van der Waals surface area (Å²) in [6, 6.07) is 0. The molecule has 0 saturated carbocycles. The minimum absolute atomic E-state index is 0.0844. The molecule has 13 heavy (non-hydrogen) atoms. The fraction of sp³-hybridized carbons (Fsp3) is 0.375. The van der Waals surface area contributed by atoms with Gasteiger partial charge in [-0.05, 0) is 0 Å². The summed E-state index contributed by atoms with van der Waals surface area (Å²) in [4.78, 5) is 14.2. The van der Waals surface area contributed by atoms with E-state index in [0.29, 0.717) is 5.01 Å². The zero-order valence-electron chi connectivity index (χ0n) is 7.43. The molecule has 0 amide bonds. The largest absolute Gasteiger partial charge is 0.259 e. The van der Waals surface area contributed by atoms with Crippen LogP contribution in [0.1, 0.15) is 18.9 Å². The van der Waals surface area contributed by atoms with Gasteiger partial charge >= 0.3 is 0 Å². The Hall–Kier alpha value is -1.23. The molecule has 0 N–H and O–H groups in total. The molecule has 0 fully saturated rings. The van der Waals surface area contributed by atoms with Crippen LogP contribution in [0.4, 0.5) is 0 Å². The third-order valence-electron chi connectivity index (χ3n) is 1.53. The quantitative estimate of drug-likeness (QED) is 0.553. The van der Waals surface area contributed by atoms with Gasteiger partial charge in [0.1, 0.15) is 5.01 Å². The highest BCUT2D eigenvalue weighted by molar-refractivity contribution is 7.10. The number of thiazole rings is 1. The van der Waals surface area contributed by atoms with E-state index in [1.165, 1.54) is 17.4 Å².